The molecule has 0 aliphatic rings. The van der Waals surface area contributed by atoms with Gasteiger partial charge in [-0.1, -0.05) is 30.3 Å². The van der Waals surface area contributed by atoms with Gasteiger partial charge in [0.05, 0.1) is 13.5 Å². The van der Waals surface area contributed by atoms with Crippen LogP contribution in [0.3, 0.4) is 0 Å². The molecule has 0 saturated heterocycles. The van der Waals surface area contributed by atoms with Crippen molar-refractivity contribution >= 4 is 11.5 Å². The highest BCUT2D eigenvalue weighted by Gasteiger charge is 2.08. The minimum Gasteiger partial charge on any atom is -0.469 e. The zero-order chi connectivity index (χ0) is 11.3. The van der Waals surface area contributed by atoms with Crippen molar-refractivity contribution in [3.8, 4) is 0 Å². The lowest BCUT2D eigenvalue weighted by atomic mass is 9.98. The molecule has 0 N–H and O–H groups in total. The van der Waals surface area contributed by atoms with Crippen LogP contribution in [0.15, 0.2) is 30.3 Å². The Hall–Kier alpha value is -1.57. The van der Waals surface area contributed by atoms with Gasteiger partial charge in [0, 0.05) is 0 Å². The Kier molecular flexibility index (Phi) is 4.10. The van der Waals surface area contributed by atoms with Crippen LogP contribution in [-0.2, 0) is 9.53 Å². The number of carbonyl (C=O) groups excluding carboxylic acids is 1. The molecule has 0 atom stereocenters. The smallest absolute Gasteiger partial charge is 0.309 e. The maximum Gasteiger partial charge on any atom is 0.309 e. The van der Waals surface area contributed by atoms with Crippen LogP contribution in [0.25, 0.3) is 5.57 Å². The van der Waals surface area contributed by atoms with E-state index in [-0.39, 0.29) is 5.97 Å². The number of methoxy groups -OCH3 is 1. The molecule has 2 nitrogen and oxygen atoms in total. The van der Waals surface area contributed by atoms with Gasteiger partial charge in [-0.25, -0.2) is 0 Å². The Balaban J connectivity index is 2.94. The summed E-state index contributed by atoms with van der Waals surface area (Å²) in [6.07, 6.45) is 2.29. The molecule has 1 aromatic carbocycles. The normalized spacial score (nSPS) is 11.3. The molecule has 15 heavy (non-hydrogen) atoms. The fourth-order valence-electron chi connectivity index (χ4n) is 1.51. The average molecular weight is 204 g/mol. The van der Waals surface area contributed by atoms with Crippen molar-refractivity contribution in [2.75, 3.05) is 7.11 Å². The summed E-state index contributed by atoms with van der Waals surface area (Å²) < 4.78 is 4.66. The molecule has 0 aromatic heterocycles. The van der Waals surface area contributed by atoms with Gasteiger partial charge in [0.15, 0.2) is 0 Å². The molecular weight excluding hydrogens is 188 g/mol. The predicted octanol–water partition coefficient (Wildman–Crippen LogP) is 2.96. The van der Waals surface area contributed by atoms with Gasteiger partial charge < -0.3 is 4.74 Å². The molecule has 0 spiro atoms. The van der Waals surface area contributed by atoms with Crippen LogP contribution in [0.2, 0.25) is 0 Å². The van der Waals surface area contributed by atoms with E-state index in [2.05, 4.69) is 4.74 Å². The molecule has 0 radical (unpaired) electrons. The third kappa shape index (κ3) is 2.94. The SMILES string of the molecule is C/C=C(/CC(=O)OC)c1ccccc1C. The highest BCUT2D eigenvalue weighted by Crippen LogP contribution is 2.21. The first-order chi connectivity index (χ1) is 7.19. The molecule has 2 heteroatoms. The summed E-state index contributed by atoms with van der Waals surface area (Å²) in [5, 5.41) is 0. The van der Waals surface area contributed by atoms with Gasteiger partial charge in [-0.05, 0) is 30.5 Å². The van der Waals surface area contributed by atoms with Gasteiger partial charge in [0.25, 0.3) is 0 Å². The van der Waals surface area contributed by atoms with Crippen LogP contribution in [0.1, 0.15) is 24.5 Å². The molecule has 1 rings (SSSR count). The number of hydrogen-bond donors (Lipinski definition) is 0. The Morgan fingerprint density at radius 3 is 2.60 bits per heavy atom. The molecule has 0 fully saturated rings. The van der Waals surface area contributed by atoms with Crippen LogP contribution < -0.4 is 0 Å². The van der Waals surface area contributed by atoms with E-state index >= 15 is 0 Å². The van der Waals surface area contributed by atoms with Crippen LogP contribution in [0.4, 0.5) is 0 Å². The van der Waals surface area contributed by atoms with Crippen molar-refractivity contribution in [1.82, 2.24) is 0 Å². The van der Waals surface area contributed by atoms with Crippen molar-refractivity contribution in [3.05, 3.63) is 41.5 Å². The Morgan fingerprint density at radius 1 is 1.40 bits per heavy atom. The lowest BCUT2D eigenvalue weighted by Gasteiger charge is -2.08. The topological polar surface area (TPSA) is 26.3 Å². The summed E-state index contributed by atoms with van der Waals surface area (Å²) in [4.78, 5) is 11.2. The van der Waals surface area contributed by atoms with Crippen LogP contribution in [0.5, 0.6) is 0 Å². The first kappa shape index (κ1) is 11.5. The highest BCUT2D eigenvalue weighted by molar-refractivity contribution is 5.85. The number of rotatable bonds is 3. The number of carbonyl (C=O) groups is 1. The number of hydrogen-bond acceptors (Lipinski definition) is 2. The van der Waals surface area contributed by atoms with Crippen LogP contribution >= 0.6 is 0 Å². The van der Waals surface area contributed by atoms with Crippen LogP contribution in [-0.4, -0.2) is 13.1 Å². The second-order valence-corrected chi connectivity index (χ2v) is 3.38. The van der Waals surface area contributed by atoms with Gasteiger partial charge >= 0.3 is 5.97 Å². The summed E-state index contributed by atoms with van der Waals surface area (Å²) in [6, 6.07) is 8.02. The summed E-state index contributed by atoms with van der Waals surface area (Å²) >= 11 is 0. The quantitative estimate of drug-likeness (QED) is 0.707. The number of aryl methyl sites for hydroxylation is 1. The maximum atomic E-state index is 11.2. The fourth-order valence-corrected chi connectivity index (χ4v) is 1.51. The third-order valence-electron chi connectivity index (χ3n) is 2.40. The summed E-state index contributed by atoms with van der Waals surface area (Å²) in [6.45, 7) is 3.97. The molecular formula is C13H16O2. The number of ether oxygens (including phenoxy) is 1. The molecule has 0 saturated carbocycles. The number of esters is 1. The molecule has 80 valence electrons. The number of benzene rings is 1. The van der Waals surface area contributed by atoms with E-state index in [0.717, 1.165) is 11.1 Å². The third-order valence-corrected chi connectivity index (χ3v) is 2.40. The molecule has 0 amide bonds. The van der Waals surface area contributed by atoms with Crippen molar-refractivity contribution < 1.29 is 9.53 Å². The number of allylic oxidation sites excluding steroid dienone is 1. The first-order valence-electron chi connectivity index (χ1n) is 4.97. The van der Waals surface area contributed by atoms with E-state index in [1.54, 1.807) is 0 Å². The molecule has 0 bridgehead atoms. The molecule has 0 unspecified atom stereocenters. The van der Waals surface area contributed by atoms with Gasteiger partial charge in [0.2, 0.25) is 0 Å². The Labute approximate surface area is 90.6 Å². The average Bonchev–Trinajstić information content (AvgIpc) is 2.26. The second kappa shape index (κ2) is 5.35. The zero-order valence-electron chi connectivity index (χ0n) is 9.41. The Bertz CT molecular complexity index is 378. The molecule has 1 aromatic rings. The van der Waals surface area contributed by atoms with E-state index in [1.165, 1.54) is 12.7 Å². The van der Waals surface area contributed by atoms with Gasteiger partial charge in [-0.2, -0.15) is 0 Å². The lowest BCUT2D eigenvalue weighted by Crippen LogP contribution is -2.02. The molecule has 0 heterocycles. The predicted molar refractivity (Wildman–Crippen MR) is 61.5 cm³/mol. The van der Waals surface area contributed by atoms with E-state index in [0.29, 0.717) is 6.42 Å². The van der Waals surface area contributed by atoms with Crippen molar-refractivity contribution in [2.24, 2.45) is 0 Å². The zero-order valence-corrected chi connectivity index (χ0v) is 9.41. The monoisotopic (exact) mass is 204 g/mol. The second-order valence-electron chi connectivity index (χ2n) is 3.38. The minimum absolute atomic E-state index is 0.202. The molecule has 0 aliphatic heterocycles. The standard InChI is InChI=1S/C13H16O2/c1-4-11(9-13(14)15-3)12-8-6-5-7-10(12)2/h4-8H,9H2,1-3H3/b11-4-. The summed E-state index contributed by atoms with van der Waals surface area (Å²) in [5.74, 6) is -0.202. The summed E-state index contributed by atoms with van der Waals surface area (Å²) in [5.41, 5.74) is 3.31. The van der Waals surface area contributed by atoms with E-state index in [4.69, 9.17) is 0 Å². The molecule has 0 aliphatic carbocycles. The maximum absolute atomic E-state index is 11.2. The fraction of sp³-hybridized carbons (Fsp3) is 0.308. The van der Waals surface area contributed by atoms with E-state index < -0.39 is 0 Å². The van der Waals surface area contributed by atoms with E-state index in [9.17, 15) is 4.79 Å². The largest absolute Gasteiger partial charge is 0.469 e. The van der Waals surface area contributed by atoms with Crippen molar-refractivity contribution in [1.29, 1.82) is 0 Å². The highest BCUT2D eigenvalue weighted by atomic mass is 16.5. The van der Waals surface area contributed by atoms with Gasteiger partial charge in [-0.15, -0.1) is 0 Å². The van der Waals surface area contributed by atoms with Gasteiger partial charge in [0.1, 0.15) is 0 Å². The first-order valence-corrected chi connectivity index (χ1v) is 4.97. The Morgan fingerprint density at radius 2 is 2.07 bits per heavy atom. The van der Waals surface area contributed by atoms with Crippen LogP contribution in [0, 0.1) is 6.92 Å². The van der Waals surface area contributed by atoms with Crippen molar-refractivity contribution in [2.45, 2.75) is 20.3 Å². The van der Waals surface area contributed by atoms with E-state index in [1.807, 2.05) is 44.2 Å². The lowest BCUT2D eigenvalue weighted by molar-refractivity contribution is -0.139. The van der Waals surface area contributed by atoms with Crippen molar-refractivity contribution in [3.63, 3.8) is 0 Å². The minimum atomic E-state index is -0.202. The van der Waals surface area contributed by atoms with Gasteiger partial charge in [-0.3, -0.25) is 4.79 Å². The summed E-state index contributed by atoms with van der Waals surface area (Å²) in [7, 11) is 1.41.